The first-order valence-corrected chi connectivity index (χ1v) is 10.2. The molecule has 1 unspecified atom stereocenters. The summed E-state index contributed by atoms with van der Waals surface area (Å²) in [4.78, 5) is 37.4. The normalized spacial score (nSPS) is 21.0. The summed E-state index contributed by atoms with van der Waals surface area (Å²) in [6.07, 6.45) is 6.53. The molecule has 0 saturated carbocycles. The quantitative estimate of drug-likeness (QED) is 0.413. The first-order valence-electron chi connectivity index (χ1n) is 10.2. The molecule has 0 radical (unpaired) electrons. The minimum Gasteiger partial charge on any atom is -0.457 e. The van der Waals surface area contributed by atoms with Gasteiger partial charge in [0.25, 0.3) is 5.91 Å². The highest BCUT2D eigenvalue weighted by Crippen LogP contribution is 2.14. The highest BCUT2D eigenvalue weighted by atomic mass is 16.5. The summed E-state index contributed by atoms with van der Waals surface area (Å²) in [6.45, 7) is 11.3. The second-order valence-corrected chi connectivity index (χ2v) is 7.68. The third-order valence-corrected chi connectivity index (χ3v) is 4.94. The number of carbonyl (C=O) groups excluding carboxylic acids is 3. The molecule has 29 heavy (non-hydrogen) atoms. The standard InChI is InChI=1S/C21H36N4O4/c1-7-10-16(8-2)15(6)29-21(28)17-11-9-12-25(24-17)20(27)14(5)23-19(26)18(22)13(3)4/h7-8,10,13-15,17-18,24H,9,11-12,22H2,1-6H3,(H,23,26)/b10-7-,16-8+/t14-,15+,17?,18-/m0/s1. The molecular weight excluding hydrogens is 372 g/mol. The fourth-order valence-electron chi connectivity index (χ4n) is 3.01. The summed E-state index contributed by atoms with van der Waals surface area (Å²) < 4.78 is 5.56. The molecule has 164 valence electrons. The van der Waals surface area contributed by atoms with Crippen LogP contribution in [-0.4, -0.2) is 53.6 Å². The molecule has 8 heteroatoms. The van der Waals surface area contributed by atoms with Crippen LogP contribution >= 0.6 is 0 Å². The second-order valence-electron chi connectivity index (χ2n) is 7.68. The molecule has 0 aromatic rings. The highest BCUT2D eigenvalue weighted by Gasteiger charge is 2.32. The Morgan fingerprint density at radius 2 is 1.86 bits per heavy atom. The SMILES string of the molecule is C/C=C\C(=C/C)[C@@H](C)OC(=O)C1CCCN(C(=O)[C@H](C)NC(=O)[C@@H](N)C(C)C)N1. The van der Waals surface area contributed by atoms with Gasteiger partial charge in [-0.1, -0.05) is 32.1 Å². The Morgan fingerprint density at radius 3 is 2.41 bits per heavy atom. The molecule has 1 aliphatic heterocycles. The molecule has 1 rings (SSSR count). The van der Waals surface area contributed by atoms with Crippen molar-refractivity contribution in [3.63, 3.8) is 0 Å². The Bertz CT molecular complexity index is 645. The molecule has 0 aromatic heterocycles. The Hall–Kier alpha value is -2.19. The molecule has 1 heterocycles. The average molecular weight is 409 g/mol. The van der Waals surface area contributed by atoms with Crippen molar-refractivity contribution in [1.82, 2.24) is 15.8 Å². The lowest BCUT2D eigenvalue weighted by molar-refractivity contribution is -0.155. The largest absolute Gasteiger partial charge is 0.457 e. The van der Waals surface area contributed by atoms with Gasteiger partial charge in [0.05, 0.1) is 6.04 Å². The lowest BCUT2D eigenvalue weighted by atomic mass is 10.0. The van der Waals surface area contributed by atoms with E-state index in [1.54, 1.807) is 6.92 Å². The monoisotopic (exact) mass is 408 g/mol. The van der Waals surface area contributed by atoms with Gasteiger partial charge in [0, 0.05) is 6.54 Å². The van der Waals surface area contributed by atoms with E-state index in [1.807, 2.05) is 52.8 Å². The summed E-state index contributed by atoms with van der Waals surface area (Å²) in [5.41, 5.74) is 9.68. The number of rotatable bonds is 8. The van der Waals surface area contributed by atoms with Crippen molar-refractivity contribution in [2.45, 2.75) is 78.6 Å². The number of hydrazine groups is 1. The zero-order valence-electron chi connectivity index (χ0n) is 18.4. The minimum atomic E-state index is -0.752. The number of nitrogens with two attached hydrogens (primary N) is 1. The first-order chi connectivity index (χ1) is 13.6. The molecule has 8 nitrogen and oxygen atoms in total. The van der Waals surface area contributed by atoms with Crippen LogP contribution in [0.2, 0.25) is 0 Å². The summed E-state index contributed by atoms with van der Waals surface area (Å²) in [7, 11) is 0. The predicted molar refractivity (Wildman–Crippen MR) is 112 cm³/mol. The molecular formula is C21H36N4O4. The molecule has 0 spiro atoms. The van der Waals surface area contributed by atoms with Crippen LogP contribution in [0.1, 0.15) is 54.4 Å². The Morgan fingerprint density at radius 1 is 1.21 bits per heavy atom. The van der Waals surface area contributed by atoms with Gasteiger partial charge in [0.1, 0.15) is 18.2 Å². The van der Waals surface area contributed by atoms with Gasteiger partial charge >= 0.3 is 5.97 Å². The molecule has 4 N–H and O–H groups in total. The van der Waals surface area contributed by atoms with E-state index in [4.69, 9.17) is 10.5 Å². The van der Waals surface area contributed by atoms with E-state index in [0.29, 0.717) is 19.4 Å². The fraction of sp³-hybridized carbons (Fsp3) is 0.667. The minimum absolute atomic E-state index is 0.0313. The molecule has 1 aliphatic rings. The van der Waals surface area contributed by atoms with Crippen LogP contribution in [0.4, 0.5) is 0 Å². The predicted octanol–water partition coefficient (Wildman–Crippen LogP) is 1.42. The van der Waals surface area contributed by atoms with Crippen LogP contribution in [-0.2, 0) is 19.1 Å². The molecule has 2 amide bonds. The van der Waals surface area contributed by atoms with Gasteiger partial charge in [0.15, 0.2) is 0 Å². The van der Waals surface area contributed by atoms with Crippen LogP contribution in [0.25, 0.3) is 0 Å². The highest BCUT2D eigenvalue weighted by molar-refractivity contribution is 5.89. The Kier molecular flexibility index (Phi) is 10.0. The van der Waals surface area contributed by atoms with Crippen molar-refractivity contribution in [2.24, 2.45) is 11.7 Å². The smallest absolute Gasteiger partial charge is 0.325 e. The summed E-state index contributed by atoms with van der Waals surface area (Å²) in [5.74, 6) is -1.12. The molecule has 4 atom stereocenters. The number of ether oxygens (including phenoxy) is 1. The zero-order valence-corrected chi connectivity index (χ0v) is 18.4. The lowest BCUT2D eigenvalue weighted by Crippen LogP contribution is -2.60. The van der Waals surface area contributed by atoms with E-state index in [-0.39, 0.29) is 23.8 Å². The number of esters is 1. The van der Waals surface area contributed by atoms with Gasteiger partial charge in [-0.3, -0.25) is 19.4 Å². The average Bonchev–Trinajstić information content (AvgIpc) is 2.70. The van der Waals surface area contributed by atoms with Crippen LogP contribution in [0.5, 0.6) is 0 Å². The van der Waals surface area contributed by atoms with Crippen molar-refractivity contribution in [3.8, 4) is 0 Å². The maximum absolute atomic E-state index is 12.7. The van der Waals surface area contributed by atoms with Crippen molar-refractivity contribution in [3.05, 3.63) is 23.8 Å². The third kappa shape index (κ3) is 7.29. The summed E-state index contributed by atoms with van der Waals surface area (Å²) >= 11 is 0. The molecule has 0 aliphatic carbocycles. The zero-order chi connectivity index (χ0) is 22.1. The van der Waals surface area contributed by atoms with E-state index in [2.05, 4.69) is 10.7 Å². The number of nitrogens with zero attached hydrogens (tertiary/aromatic N) is 1. The van der Waals surface area contributed by atoms with Gasteiger partial charge in [-0.05, 0) is 52.0 Å². The molecule has 1 saturated heterocycles. The number of allylic oxidation sites excluding steroid dienone is 2. The number of nitrogens with one attached hydrogen (secondary N) is 2. The Labute approximate surface area is 173 Å². The number of carbonyl (C=O) groups is 3. The third-order valence-electron chi connectivity index (χ3n) is 4.94. The van der Waals surface area contributed by atoms with Crippen LogP contribution in [0, 0.1) is 5.92 Å². The number of hydrogen-bond donors (Lipinski definition) is 3. The van der Waals surface area contributed by atoms with Gasteiger partial charge in [-0.15, -0.1) is 0 Å². The van der Waals surface area contributed by atoms with Gasteiger partial charge in [0.2, 0.25) is 5.91 Å². The molecule has 1 fully saturated rings. The van der Waals surface area contributed by atoms with Crippen LogP contribution < -0.4 is 16.5 Å². The van der Waals surface area contributed by atoms with Gasteiger partial charge in [-0.25, -0.2) is 5.43 Å². The van der Waals surface area contributed by atoms with E-state index >= 15 is 0 Å². The number of amides is 2. The topological polar surface area (TPSA) is 114 Å². The second kappa shape index (κ2) is 11.7. The maximum atomic E-state index is 12.7. The van der Waals surface area contributed by atoms with Gasteiger partial charge < -0.3 is 15.8 Å². The number of hydrogen-bond acceptors (Lipinski definition) is 6. The van der Waals surface area contributed by atoms with Crippen molar-refractivity contribution in [1.29, 1.82) is 0 Å². The van der Waals surface area contributed by atoms with Crippen molar-refractivity contribution in [2.75, 3.05) is 6.54 Å². The van der Waals surface area contributed by atoms with E-state index < -0.39 is 24.1 Å². The lowest BCUT2D eigenvalue weighted by Gasteiger charge is -2.35. The molecule has 0 aromatic carbocycles. The Balaban J connectivity index is 2.67. The summed E-state index contributed by atoms with van der Waals surface area (Å²) in [5, 5.41) is 4.03. The first kappa shape index (κ1) is 24.8. The van der Waals surface area contributed by atoms with Crippen molar-refractivity contribution < 1.29 is 19.1 Å². The van der Waals surface area contributed by atoms with Crippen molar-refractivity contribution >= 4 is 17.8 Å². The summed E-state index contributed by atoms with van der Waals surface area (Å²) in [6, 6.07) is -2.04. The van der Waals surface area contributed by atoms with Crippen LogP contribution in [0.3, 0.4) is 0 Å². The van der Waals surface area contributed by atoms with E-state index in [1.165, 1.54) is 5.01 Å². The maximum Gasteiger partial charge on any atom is 0.325 e. The van der Waals surface area contributed by atoms with Crippen LogP contribution in [0.15, 0.2) is 23.8 Å². The van der Waals surface area contributed by atoms with E-state index in [9.17, 15) is 14.4 Å². The van der Waals surface area contributed by atoms with Gasteiger partial charge in [-0.2, -0.15) is 0 Å². The fourth-order valence-corrected chi connectivity index (χ4v) is 3.01. The molecule has 0 bridgehead atoms. The van der Waals surface area contributed by atoms with E-state index in [0.717, 1.165) is 5.57 Å².